The minimum absolute atomic E-state index is 0.712. The Morgan fingerprint density at radius 1 is 1.20 bits per heavy atom. The van der Waals surface area contributed by atoms with E-state index in [1.54, 1.807) is 0 Å². The molecule has 0 aliphatic rings. The molecule has 4 heteroatoms. The maximum atomic E-state index is 5.93. The summed E-state index contributed by atoms with van der Waals surface area (Å²) in [5.74, 6) is 3.16. The molecule has 1 rings (SSSR count). The second kappa shape index (κ2) is 4.73. The van der Waals surface area contributed by atoms with E-state index in [0.717, 1.165) is 14.5 Å². The maximum Gasteiger partial charge on any atom is 0.129 e. The monoisotopic (exact) mass is 345 g/mol. The number of hydrogen-bond donors (Lipinski definition) is 1. The highest BCUT2D eigenvalue weighted by Crippen LogP contribution is 2.27. The summed E-state index contributed by atoms with van der Waals surface area (Å²) in [5, 5.41) is 0. The van der Waals surface area contributed by atoms with Gasteiger partial charge in [0.2, 0.25) is 0 Å². The van der Waals surface area contributed by atoms with Crippen molar-refractivity contribution in [2.45, 2.75) is 19.6 Å². The summed E-state index contributed by atoms with van der Waals surface area (Å²) in [6, 6.07) is 3.88. The molecule has 1 aromatic rings. The average molecular weight is 347 g/mol. The minimum atomic E-state index is -1.34. The quantitative estimate of drug-likeness (QED) is 0.428. The molecule has 0 saturated carbocycles. The van der Waals surface area contributed by atoms with Crippen molar-refractivity contribution in [3.05, 3.63) is 26.6 Å². The van der Waals surface area contributed by atoms with Crippen molar-refractivity contribution in [3.8, 4) is 11.5 Å². The van der Waals surface area contributed by atoms with Gasteiger partial charge in [-0.2, -0.15) is 0 Å². The molecule has 1 nitrogen and oxygen atoms in total. The Labute approximate surface area is 109 Å². The summed E-state index contributed by atoms with van der Waals surface area (Å²) < 4.78 is 1.88. The Morgan fingerprint density at radius 2 is 1.80 bits per heavy atom. The first-order valence-corrected chi connectivity index (χ1v) is 9.66. The zero-order valence-corrected chi connectivity index (χ0v) is 13.2. The van der Waals surface area contributed by atoms with Crippen molar-refractivity contribution < 1.29 is 0 Å². The van der Waals surface area contributed by atoms with Crippen LogP contribution in [-0.4, -0.2) is 8.07 Å². The van der Waals surface area contributed by atoms with Crippen molar-refractivity contribution >= 4 is 45.6 Å². The molecule has 80 valence electrons. The predicted molar refractivity (Wildman–Crippen MR) is 76.5 cm³/mol. The largest absolute Gasteiger partial charge is 0.397 e. The van der Waals surface area contributed by atoms with E-state index in [4.69, 9.17) is 5.73 Å². The number of hydrogen-bond acceptors (Lipinski definition) is 1. The Bertz CT molecular complexity index is 438. The van der Waals surface area contributed by atoms with Crippen LogP contribution in [-0.2, 0) is 0 Å². The van der Waals surface area contributed by atoms with Crippen molar-refractivity contribution in [3.63, 3.8) is 0 Å². The molecule has 15 heavy (non-hydrogen) atoms. The van der Waals surface area contributed by atoms with Crippen molar-refractivity contribution in [1.82, 2.24) is 0 Å². The summed E-state index contributed by atoms with van der Waals surface area (Å²) in [5.41, 5.74) is 10.8. The van der Waals surface area contributed by atoms with Crippen LogP contribution in [0.3, 0.4) is 0 Å². The fourth-order valence-electron chi connectivity index (χ4n) is 0.943. The molecular weight excluding hydrogens is 334 g/mol. The number of nitrogens with two attached hydrogens (primary N) is 1. The molecule has 0 saturated heterocycles. The number of benzene rings is 1. The molecule has 0 aliphatic heterocycles. The van der Waals surface area contributed by atoms with Gasteiger partial charge in [-0.15, -0.1) is 5.54 Å². The molecule has 0 aromatic heterocycles. The van der Waals surface area contributed by atoms with Crippen LogP contribution in [0.5, 0.6) is 0 Å². The van der Waals surface area contributed by atoms with E-state index in [1.165, 1.54) is 0 Å². The van der Waals surface area contributed by atoms with E-state index in [1.807, 2.05) is 12.1 Å². The van der Waals surface area contributed by atoms with Crippen LogP contribution in [0.15, 0.2) is 21.1 Å². The average Bonchev–Trinajstić information content (AvgIpc) is 2.07. The molecule has 0 bridgehead atoms. The third-order valence-corrected chi connectivity index (χ3v) is 3.66. The normalized spacial score (nSPS) is 10.7. The number of rotatable bonds is 0. The molecule has 0 unspecified atom stereocenters. The Balaban J connectivity index is 3.20. The first kappa shape index (κ1) is 12.8. The van der Waals surface area contributed by atoms with Gasteiger partial charge in [0.1, 0.15) is 8.07 Å². The lowest BCUT2D eigenvalue weighted by molar-refractivity contribution is 1.55. The maximum absolute atomic E-state index is 5.93. The van der Waals surface area contributed by atoms with Gasteiger partial charge in [-0.05, 0) is 28.1 Å². The van der Waals surface area contributed by atoms with Gasteiger partial charge in [-0.3, -0.25) is 0 Å². The van der Waals surface area contributed by atoms with Crippen LogP contribution in [0.1, 0.15) is 5.56 Å². The highest BCUT2D eigenvalue weighted by molar-refractivity contribution is 9.11. The zero-order valence-electron chi connectivity index (χ0n) is 8.99. The second-order valence-corrected chi connectivity index (χ2v) is 10.9. The lowest BCUT2D eigenvalue weighted by Gasteiger charge is -2.06. The molecule has 0 spiro atoms. The van der Waals surface area contributed by atoms with Gasteiger partial charge >= 0.3 is 0 Å². The molecule has 0 fully saturated rings. The Kier molecular flexibility index (Phi) is 4.04. The molecule has 0 amide bonds. The van der Waals surface area contributed by atoms with Crippen LogP contribution in [0.2, 0.25) is 19.6 Å². The lowest BCUT2D eigenvalue weighted by Crippen LogP contribution is -2.16. The Hall–Kier alpha value is -0.243. The van der Waals surface area contributed by atoms with Gasteiger partial charge < -0.3 is 5.73 Å². The van der Waals surface area contributed by atoms with E-state index in [9.17, 15) is 0 Å². The second-order valence-electron chi connectivity index (χ2n) is 4.35. The summed E-state index contributed by atoms with van der Waals surface area (Å²) in [6.45, 7) is 6.63. The van der Waals surface area contributed by atoms with Crippen molar-refractivity contribution in [2.24, 2.45) is 0 Å². The smallest absolute Gasteiger partial charge is 0.129 e. The number of anilines is 1. The molecule has 1 aromatic carbocycles. The van der Waals surface area contributed by atoms with Gasteiger partial charge in [0.25, 0.3) is 0 Å². The summed E-state index contributed by atoms with van der Waals surface area (Å²) >= 11 is 6.83. The summed E-state index contributed by atoms with van der Waals surface area (Å²) in [7, 11) is -1.34. The minimum Gasteiger partial charge on any atom is -0.397 e. The van der Waals surface area contributed by atoms with Crippen LogP contribution in [0.25, 0.3) is 0 Å². The molecule has 0 aliphatic carbocycles. The highest BCUT2D eigenvalue weighted by Gasteiger charge is 2.08. The van der Waals surface area contributed by atoms with Crippen LogP contribution in [0.4, 0.5) is 5.69 Å². The van der Waals surface area contributed by atoms with E-state index in [-0.39, 0.29) is 0 Å². The van der Waals surface area contributed by atoms with Gasteiger partial charge in [0, 0.05) is 14.5 Å². The SMILES string of the molecule is C[Si](C)(C)C#Cc1cc(Br)cc(Br)c1N. The van der Waals surface area contributed by atoms with Crippen LogP contribution >= 0.6 is 31.9 Å². The third kappa shape index (κ3) is 4.02. The van der Waals surface area contributed by atoms with E-state index < -0.39 is 8.07 Å². The van der Waals surface area contributed by atoms with Crippen molar-refractivity contribution in [2.75, 3.05) is 5.73 Å². The van der Waals surface area contributed by atoms with E-state index in [2.05, 4.69) is 63.0 Å². The fraction of sp³-hybridized carbons (Fsp3) is 0.273. The van der Waals surface area contributed by atoms with Crippen LogP contribution < -0.4 is 5.73 Å². The van der Waals surface area contributed by atoms with E-state index >= 15 is 0 Å². The summed E-state index contributed by atoms with van der Waals surface area (Å²) in [4.78, 5) is 0. The highest BCUT2D eigenvalue weighted by atomic mass is 79.9. The predicted octanol–water partition coefficient (Wildman–Crippen LogP) is 4.02. The Morgan fingerprint density at radius 3 is 2.33 bits per heavy atom. The molecule has 0 heterocycles. The first-order chi connectivity index (χ1) is 6.79. The van der Waals surface area contributed by atoms with Gasteiger partial charge in [-0.25, -0.2) is 0 Å². The molecule has 0 atom stereocenters. The first-order valence-electron chi connectivity index (χ1n) is 4.57. The zero-order chi connectivity index (χ0) is 11.6. The van der Waals surface area contributed by atoms with E-state index in [0.29, 0.717) is 5.69 Å². The standard InChI is InChI=1S/C11H13Br2NSi/c1-15(2,3)5-4-8-6-9(12)7-10(13)11(8)14/h6-7H,14H2,1-3H3. The van der Waals surface area contributed by atoms with Crippen LogP contribution in [0, 0.1) is 11.5 Å². The molecule has 0 radical (unpaired) electrons. The summed E-state index contributed by atoms with van der Waals surface area (Å²) in [6.07, 6.45) is 0. The fourth-order valence-corrected chi connectivity index (χ4v) is 2.68. The number of halogens is 2. The van der Waals surface area contributed by atoms with Gasteiger partial charge in [0.15, 0.2) is 0 Å². The van der Waals surface area contributed by atoms with Crippen molar-refractivity contribution in [1.29, 1.82) is 0 Å². The molecular formula is C11H13Br2NSi. The number of nitrogen functional groups attached to an aromatic ring is 1. The van der Waals surface area contributed by atoms with Gasteiger partial charge in [-0.1, -0.05) is 41.5 Å². The molecule has 2 N–H and O–H groups in total. The van der Waals surface area contributed by atoms with Gasteiger partial charge in [0.05, 0.1) is 5.69 Å². The lowest BCUT2D eigenvalue weighted by atomic mass is 10.2. The third-order valence-electron chi connectivity index (χ3n) is 1.67. The topological polar surface area (TPSA) is 26.0 Å².